The third kappa shape index (κ3) is 3.63. The van der Waals surface area contributed by atoms with E-state index in [-0.39, 0.29) is 6.04 Å². The number of nitrogens with one attached hydrogen (secondary N) is 1. The van der Waals surface area contributed by atoms with E-state index in [9.17, 15) is 0 Å². The minimum atomic E-state index is -0.128. The Kier molecular flexibility index (Phi) is 5.72. The van der Waals surface area contributed by atoms with E-state index in [1.807, 2.05) is 25.1 Å². The van der Waals surface area contributed by atoms with Gasteiger partial charge in [-0.05, 0) is 30.7 Å². The van der Waals surface area contributed by atoms with Crippen molar-refractivity contribution in [2.45, 2.75) is 13.0 Å². The van der Waals surface area contributed by atoms with Gasteiger partial charge in [-0.1, -0.05) is 11.6 Å². The molecule has 0 saturated carbocycles. The molecule has 0 spiro atoms. The van der Waals surface area contributed by atoms with Gasteiger partial charge < -0.3 is 19.5 Å². The van der Waals surface area contributed by atoms with Crippen LogP contribution in [0.15, 0.2) is 24.4 Å². The molecule has 6 nitrogen and oxygen atoms in total. The Morgan fingerprint density at radius 2 is 1.75 bits per heavy atom. The lowest BCUT2D eigenvalue weighted by Gasteiger charge is -2.19. The SMILES string of the molecule is COc1cc([C@@H](C)Nc2ncc(C#N)cc2Cl)cc(OC)c1OC. The van der Waals surface area contributed by atoms with Gasteiger partial charge in [-0.15, -0.1) is 0 Å². The molecule has 126 valence electrons. The number of halogens is 1. The lowest BCUT2D eigenvalue weighted by Crippen LogP contribution is -2.09. The topological polar surface area (TPSA) is 76.4 Å². The van der Waals surface area contributed by atoms with Gasteiger partial charge in [0.25, 0.3) is 0 Å². The summed E-state index contributed by atoms with van der Waals surface area (Å²) < 4.78 is 16.0. The normalized spacial score (nSPS) is 11.3. The number of nitrogens with zero attached hydrogens (tertiary/aromatic N) is 2. The van der Waals surface area contributed by atoms with Crippen LogP contribution in [0, 0.1) is 11.3 Å². The van der Waals surface area contributed by atoms with Crippen molar-refractivity contribution < 1.29 is 14.2 Å². The third-order valence-electron chi connectivity index (χ3n) is 3.51. The molecule has 1 atom stereocenters. The number of aromatic nitrogens is 1. The molecular weight excluding hydrogens is 330 g/mol. The van der Waals surface area contributed by atoms with Crippen LogP contribution in [-0.4, -0.2) is 26.3 Å². The molecule has 1 aromatic heterocycles. The van der Waals surface area contributed by atoms with Crippen LogP contribution in [-0.2, 0) is 0 Å². The van der Waals surface area contributed by atoms with Crippen LogP contribution in [0.3, 0.4) is 0 Å². The summed E-state index contributed by atoms with van der Waals surface area (Å²) >= 11 is 6.16. The predicted molar refractivity (Wildman–Crippen MR) is 92.1 cm³/mol. The first-order chi connectivity index (χ1) is 11.5. The van der Waals surface area contributed by atoms with Gasteiger partial charge in [0.15, 0.2) is 11.5 Å². The highest BCUT2D eigenvalue weighted by molar-refractivity contribution is 6.33. The lowest BCUT2D eigenvalue weighted by molar-refractivity contribution is 0.323. The molecule has 0 aliphatic heterocycles. The van der Waals surface area contributed by atoms with Gasteiger partial charge in [0.2, 0.25) is 5.75 Å². The van der Waals surface area contributed by atoms with Crippen LogP contribution in [0.4, 0.5) is 5.82 Å². The van der Waals surface area contributed by atoms with E-state index < -0.39 is 0 Å². The summed E-state index contributed by atoms with van der Waals surface area (Å²) in [5.74, 6) is 2.17. The molecule has 0 aliphatic rings. The Balaban J connectivity index is 2.33. The molecule has 0 saturated heterocycles. The molecule has 1 aromatic carbocycles. The Morgan fingerprint density at radius 1 is 1.12 bits per heavy atom. The fourth-order valence-corrected chi connectivity index (χ4v) is 2.47. The Bertz CT molecular complexity index is 749. The predicted octanol–water partition coefficient (Wildman–Crippen LogP) is 3.81. The van der Waals surface area contributed by atoms with Crippen LogP contribution < -0.4 is 19.5 Å². The molecule has 2 rings (SSSR count). The van der Waals surface area contributed by atoms with Gasteiger partial charge in [0.05, 0.1) is 38.0 Å². The number of hydrogen-bond donors (Lipinski definition) is 1. The molecule has 0 amide bonds. The molecule has 0 radical (unpaired) electrons. The van der Waals surface area contributed by atoms with Crippen LogP contribution in [0.2, 0.25) is 5.02 Å². The third-order valence-corrected chi connectivity index (χ3v) is 3.80. The largest absolute Gasteiger partial charge is 0.493 e. The number of rotatable bonds is 6. The minimum Gasteiger partial charge on any atom is -0.493 e. The number of hydrogen-bond acceptors (Lipinski definition) is 6. The second-order valence-corrected chi connectivity index (χ2v) is 5.40. The molecule has 24 heavy (non-hydrogen) atoms. The quantitative estimate of drug-likeness (QED) is 0.856. The van der Waals surface area contributed by atoms with Crippen molar-refractivity contribution in [3.63, 3.8) is 0 Å². The Morgan fingerprint density at radius 3 is 2.21 bits per heavy atom. The van der Waals surface area contributed by atoms with Crippen molar-refractivity contribution in [3.05, 3.63) is 40.5 Å². The highest BCUT2D eigenvalue weighted by Gasteiger charge is 2.17. The van der Waals surface area contributed by atoms with Crippen molar-refractivity contribution in [1.82, 2.24) is 4.98 Å². The second kappa shape index (κ2) is 7.75. The van der Waals surface area contributed by atoms with Crippen LogP contribution >= 0.6 is 11.6 Å². The van der Waals surface area contributed by atoms with E-state index in [0.29, 0.717) is 33.7 Å². The van der Waals surface area contributed by atoms with Crippen LogP contribution in [0.5, 0.6) is 17.2 Å². The zero-order chi connectivity index (χ0) is 17.7. The fourth-order valence-electron chi connectivity index (χ4n) is 2.25. The van der Waals surface area contributed by atoms with Crippen molar-refractivity contribution in [2.24, 2.45) is 0 Å². The summed E-state index contributed by atoms with van der Waals surface area (Å²) in [4.78, 5) is 4.18. The molecule has 0 aliphatic carbocycles. The average molecular weight is 348 g/mol. The first-order valence-corrected chi connectivity index (χ1v) is 7.53. The zero-order valence-corrected chi connectivity index (χ0v) is 14.6. The fraction of sp³-hybridized carbons (Fsp3) is 0.294. The first kappa shape index (κ1) is 17.7. The van der Waals surface area contributed by atoms with Crippen molar-refractivity contribution in [3.8, 4) is 23.3 Å². The summed E-state index contributed by atoms with van der Waals surface area (Å²) in [7, 11) is 4.69. The highest BCUT2D eigenvalue weighted by Crippen LogP contribution is 2.40. The van der Waals surface area contributed by atoms with E-state index in [4.69, 9.17) is 31.1 Å². The smallest absolute Gasteiger partial charge is 0.203 e. The van der Waals surface area contributed by atoms with E-state index in [1.54, 1.807) is 27.4 Å². The molecular formula is C17H18ClN3O3. The first-order valence-electron chi connectivity index (χ1n) is 7.16. The van der Waals surface area contributed by atoms with Gasteiger partial charge in [-0.25, -0.2) is 4.98 Å². The number of methoxy groups -OCH3 is 3. The van der Waals surface area contributed by atoms with E-state index in [1.165, 1.54) is 6.20 Å². The van der Waals surface area contributed by atoms with E-state index in [2.05, 4.69) is 10.3 Å². The van der Waals surface area contributed by atoms with Crippen LogP contribution in [0.1, 0.15) is 24.1 Å². The van der Waals surface area contributed by atoms with Gasteiger partial charge in [0.1, 0.15) is 11.9 Å². The van der Waals surface area contributed by atoms with Crippen LogP contribution in [0.25, 0.3) is 0 Å². The Labute approximate surface area is 145 Å². The van der Waals surface area contributed by atoms with Crippen molar-refractivity contribution >= 4 is 17.4 Å². The summed E-state index contributed by atoms with van der Waals surface area (Å²) in [5.41, 5.74) is 1.32. The number of benzene rings is 1. The molecule has 7 heteroatoms. The molecule has 0 bridgehead atoms. The monoisotopic (exact) mass is 347 g/mol. The maximum absolute atomic E-state index is 8.87. The summed E-state index contributed by atoms with van der Waals surface area (Å²) in [6, 6.07) is 7.16. The van der Waals surface area contributed by atoms with E-state index in [0.717, 1.165) is 5.56 Å². The molecule has 1 heterocycles. The highest BCUT2D eigenvalue weighted by atomic mass is 35.5. The van der Waals surface area contributed by atoms with E-state index >= 15 is 0 Å². The van der Waals surface area contributed by atoms with Crippen molar-refractivity contribution in [1.29, 1.82) is 5.26 Å². The number of nitriles is 1. The lowest BCUT2D eigenvalue weighted by atomic mass is 10.1. The van der Waals surface area contributed by atoms with Crippen molar-refractivity contribution in [2.75, 3.05) is 26.6 Å². The second-order valence-electron chi connectivity index (χ2n) is 4.99. The maximum Gasteiger partial charge on any atom is 0.203 e. The number of pyridine rings is 1. The summed E-state index contributed by atoms with van der Waals surface area (Å²) in [6.07, 6.45) is 1.47. The molecule has 0 unspecified atom stereocenters. The summed E-state index contributed by atoms with van der Waals surface area (Å²) in [6.45, 7) is 1.96. The van der Waals surface area contributed by atoms with Gasteiger partial charge >= 0.3 is 0 Å². The molecule has 0 fully saturated rings. The number of ether oxygens (including phenoxy) is 3. The standard InChI is InChI=1S/C17H18ClN3O3/c1-10(21-17-13(18)5-11(8-19)9-20-17)12-6-14(22-2)16(24-4)15(7-12)23-3/h5-7,9-10H,1-4H3,(H,20,21)/t10-/m1/s1. The van der Waals surface area contributed by atoms with Gasteiger partial charge in [-0.3, -0.25) is 0 Å². The Hall–Kier alpha value is -2.65. The molecule has 1 N–H and O–H groups in total. The maximum atomic E-state index is 8.87. The average Bonchev–Trinajstić information content (AvgIpc) is 2.61. The van der Waals surface area contributed by atoms with Gasteiger partial charge in [-0.2, -0.15) is 5.26 Å². The minimum absolute atomic E-state index is 0.128. The number of anilines is 1. The summed E-state index contributed by atoms with van der Waals surface area (Å²) in [5, 5.41) is 12.5. The molecule has 2 aromatic rings. The van der Waals surface area contributed by atoms with Gasteiger partial charge in [0, 0.05) is 6.20 Å². The zero-order valence-electron chi connectivity index (χ0n) is 13.9.